The van der Waals surface area contributed by atoms with Crippen LogP contribution in [0.5, 0.6) is 0 Å². The van der Waals surface area contributed by atoms with Crippen LogP contribution >= 0.6 is 0 Å². The number of nitrogens with zero attached hydrogens (tertiary/aromatic N) is 1. The van der Waals surface area contributed by atoms with Crippen molar-refractivity contribution in [1.82, 2.24) is 15.5 Å². The summed E-state index contributed by atoms with van der Waals surface area (Å²) in [6.07, 6.45) is 2.23. The quantitative estimate of drug-likeness (QED) is 0.612. The fourth-order valence-electron chi connectivity index (χ4n) is 2.96. The number of rotatable bonds is 8. The number of ether oxygens (including phenoxy) is 1. The van der Waals surface area contributed by atoms with Gasteiger partial charge in [-0.05, 0) is 38.0 Å². The van der Waals surface area contributed by atoms with Crippen molar-refractivity contribution in [2.24, 2.45) is 11.8 Å². The van der Waals surface area contributed by atoms with Crippen molar-refractivity contribution in [3.05, 3.63) is 0 Å². The molecular weight excluding hydrogens is 310 g/mol. The van der Waals surface area contributed by atoms with Crippen LogP contribution in [0.1, 0.15) is 40.0 Å². The van der Waals surface area contributed by atoms with E-state index in [0.717, 1.165) is 12.8 Å². The molecule has 1 fully saturated rings. The van der Waals surface area contributed by atoms with Crippen molar-refractivity contribution < 1.29 is 19.4 Å². The third-order valence-electron chi connectivity index (χ3n) is 4.29. The number of methoxy groups -OCH3 is 1. The summed E-state index contributed by atoms with van der Waals surface area (Å²) in [4.78, 5) is 26.7. The lowest BCUT2D eigenvalue weighted by Crippen LogP contribution is -2.54. The van der Waals surface area contributed by atoms with E-state index in [9.17, 15) is 14.7 Å². The molecule has 0 aromatic carbocycles. The molecule has 24 heavy (non-hydrogen) atoms. The number of nitrogens with one attached hydrogen (secondary N) is 2. The first kappa shape index (κ1) is 20.7. The van der Waals surface area contributed by atoms with Gasteiger partial charge in [-0.1, -0.05) is 13.8 Å². The summed E-state index contributed by atoms with van der Waals surface area (Å²) < 4.78 is 5.00. The van der Waals surface area contributed by atoms with Gasteiger partial charge in [0.25, 0.3) is 0 Å². The Bertz CT molecular complexity index is 395. The topological polar surface area (TPSA) is 90.9 Å². The number of hydrogen-bond acceptors (Lipinski definition) is 4. The summed E-state index contributed by atoms with van der Waals surface area (Å²) in [5.41, 5.74) is 0. The SMILES string of the molecule is COC[C@H](C)NC(=O)N[C@@H](CC(C)C)C(=O)N1CCC(CO)CC1. The van der Waals surface area contributed by atoms with Crippen molar-refractivity contribution in [2.45, 2.75) is 52.1 Å². The minimum absolute atomic E-state index is 0.0327. The Balaban J connectivity index is 2.60. The molecule has 140 valence electrons. The average molecular weight is 343 g/mol. The van der Waals surface area contributed by atoms with Crippen molar-refractivity contribution in [1.29, 1.82) is 0 Å². The molecule has 7 nitrogen and oxygen atoms in total. The minimum Gasteiger partial charge on any atom is -0.396 e. The molecule has 0 aromatic rings. The second-order valence-corrected chi connectivity index (χ2v) is 7.11. The maximum absolute atomic E-state index is 12.8. The number of carbonyl (C=O) groups excluding carboxylic acids is 2. The molecule has 0 saturated carbocycles. The van der Waals surface area contributed by atoms with E-state index in [2.05, 4.69) is 10.6 Å². The Labute approximate surface area is 145 Å². The third-order valence-corrected chi connectivity index (χ3v) is 4.29. The van der Waals surface area contributed by atoms with Gasteiger partial charge in [0.15, 0.2) is 0 Å². The van der Waals surface area contributed by atoms with E-state index in [1.807, 2.05) is 20.8 Å². The molecule has 1 aliphatic heterocycles. The Morgan fingerprint density at radius 2 is 1.83 bits per heavy atom. The largest absolute Gasteiger partial charge is 0.396 e. The molecular formula is C17H33N3O4. The van der Waals surface area contributed by atoms with Crippen LogP contribution in [0.4, 0.5) is 4.79 Å². The summed E-state index contributed by atoms with van der Waals surface area (Å²) in [5, 5.41) is 14.8. The lowest BCUT2D eigenvalue weighted by atomic mass is 9.96. The van der Waals surface area contributed by atoms with E-state index >= 15 is 0 Å². The van der Waals surface area contributed by atoms with Crippen LogP contribution in [0.25, 0.3) is 0 Å². The lowest BCUT2D eigenvalue weighted by Gasteiger charge is -2.34. The van der Waals surface area contributed by atoms with Crippen molar-refractivity contribution in [3.63, 3.8) is 0 Å². The van der Waals surface area contributed by atoms with Gasteiger partial charge in [-0.25, -0.2) is 4.79 Å². The van der Waals surface area contributed by atoms with Gasteiger partial charge in [0.1, 0.15) is 6.04 Å². The Morgan fingerprint density at radius 1 is 1.21 bits per heavy atom. The molecule has 1 rings (SSSR count). The Morgan fingerprint density at radius 3 is 2.33 bits per heavy atom. The van der Waals surface area contributed by atoms with Crippen molar-refractivity contribution in [2.75, 3.05) is 33.4 Å². The van der Waals surface area contributed by atoms with E-state index in [1.54, 1.807) is 12.0 Å². The zero-order valence-electron chi connectivity index (χ0n) is 15.4. The molecule has 2 atom stereocenters. The third kappa shape index (κ3) is 7.05. The Kier molecular flexibility index (Phi) is 9.07. The van der Waals surface area contributed by atoms with Crippen LogP contribution in [0.2, 0.25) is 0 Å². The van der Waals surface area contributed by atoms with Gasteiger partial charge < -0.3 is 25.4 Å². The minimum atomic E-state index is -0.523. The summed E-state index contributed by atoms with van der Waals surface area (Å²) in [7, 11) is 1.58. The van der Waals surface area contributed by atoms with Crippen LogP contribution in [0.3, 0.4) is 0 Å². The highest BCUT2D eigenvalue weighted by molar-refractivity contribution is 5.87. The summed E-state index contributed by atoms with van der Waals surface area (Å²) >= 11 is 0. The van der Waals surface area contributed by atoms with Gasteiger partial charge in [0.2, 0.25) is 5.91 Å². The van der Waals surface area contributed by atoms with Crippen LogP contribution in [0.15, 0.2) is 0 Å². The number of amides is 3. The number of urea groups is 1. The van der Waals surface area contributed by atoms with Gasteiger partial charge in [0.05, 0.1) is 12.6 Å². The lowest BCUT2D eigenvalue weighted by molar-refractivity contribution is -0.135. The number of aliphatic hydroxyl groups is 1. The van der Waals surface area contributed by atoms with Crippen LogP contribution in [-0.4, -0.2) is 67.4 Å². The maximum Gasteiger partial charge on any atom is 0.315 e. The standard InChI is InChI=1S/C17H33N3O4/c1-12(2)9-15(19-17(23)18-13(3)11-24-4)16(22)20-7-5-14(10-21)6-8-20/h12-15,21H,5-11H2,1-4H3,(H2,18,19,23)/t13-,15-/m0/s1. The zero-order valence-corrected chi connectivity index (χ0v) is 15.4. The first-order valence-electron chi connectivity index (χ1n) is 8.83. The Hall–Kier alpha value is -1.34. The molecule has 0 aliphatic carbocycles. The highest BCUT2D eigenvalue weighted by Gasteiger charge is 2.29. The molecule has 1 heterocycles. The zero-order chi connectivity index (χ0) is 18.1. The molecule has 0 unspecified atom stereocenters. The van der Waals surface area contributed by atoms with E-state index in [-0.39, 0.29) is 30.5 Å². The first-order valence-corrected chi connectivity index (χ1v) is 8.83. The summed E-state index contributed by atoms with van der Waals surface area (Å²) in [5.74, 6) is 0.545. The second-order valence-electron chi connectivity index (χ2n) is 7.11. The van der Waals surface area contributed by atoms with Gasteiger partial charge in [-0.2, -0.15) is 0 Å². The van der Waals surface area contributed by atoms with E-state index in [0.29, 0.717) is 32.0 Å². The van der Waals surface area contributed by atoms with Gasteiger partial charge >= 0.3 is 6.03 Å². The van der Waals surface area contributed by atoms with Crippen LogP contribution in [-0.2, 0) is 9.53 Å². The summed E-state index contributed by atoms with van der Waals surface area (Å²) in [6, 6.07) is -0.987. The fourth-order valence-corrected chi connectivity index (χ4v) is 2.96. The van der Waals surface area contributed by atoms with Gasteiger partial charge in [-0.15, -0.1) is 0 Å². The molecule has 0 spiro atoms. The number of carbonyl (C=O) groups is 2. The summed E-state index contributed by atoms with van der Waals surface area (Å²) in [6.45, 7) is 7.79. The van der Waals surface area contributed by atoms with E-state index < -0.39 is 6.04 Å². The number of piperidine rings is 1. The van der Waals surface area contributed by atoms with Gasteiger partial charge in [0, 0.05) is 26.8 Å². The number of hydrogen-bond donors (Lipinski definition) is 3. The number of aliphatic hydroxyl groups excluding tert-OH is 1. The van der Waals surface area contributed by atoms with Crippen LogP contribution in [0, 0.1) is 11.8 Å². The first-order chi connectivity index (χ1) is 11.4. The molecule has 0 bridgehead atoms. The van der Waals surface area contributed by atoms with Crippen molar-refractivity contribution in [3.8, 4) is 0 Å². The number of likely N-dealkylation sites (tertiary alicyclic amines) is 1. The van der Waals surface area contributed by atoms with E-state index in [1.165, 1.54) is 0 Å². The maximum atomic E-state index is 12.8. The molecule has 1 saturated heterocycles. The predicted molar refractivity (Wildman–Crippen MR) is 92.6 cm³/mol. The molecule has 1 aliphatic rings. The monoisotopic (exact) mass is 343 g/mol. The van der Waals surface area contributed by atoms with E-state index in [4.69, 9.17) is 4.74 Å². The molecule has 0 aromatic heterocycles. The molecule has 0 radical (unpaired) electrons. The fraction of sp³-hybridized carbons (Fsp3) is 0.882. The predicted octanol–water partition coefficient (Wildman–Crippen LogP) is 0.966. The smallest absolute Gasteiger partial charge is 0.315 e. The molecule has 3 amide bonds. The molecule has 7 heteroatoms. The van der Waals surface area contributed by atoms with Gasteiger partial charge in [-0.3, -0.25) is 4.79 Å². The average Bonchev–Trinajstić information content (AvgIpc) is 2.53. The second kappa shape index (κ2) is 10.5. The highest BCUT2D eigenvalue weighted by atomic mass is 16.5. The molecule has 3 N–H and O–H groups in total. The van der Waals surface area contributed by atoms with Crippen molar-refractivity contribution >= 4 is 11.9 Å². The highest BCUT2D eigenvalue weighted by Crippen LogP contribution is 2.18. The normalized spacial score (nSPS) is 18.3. The van der Waals surface area contributed by atoms with Crippen LogP contribution < -0.4 is 10.6 Å².